The average Bonchev–Trinajstić information content (AvgIpc) is 3.28. The number of benzene rings is 2. The molecule has 0 saturated carbocycles. The Balaban J connectivity index is 1.33. The number of rotatable bonds is 6. The van der Waals surface area contributed by atoms with Crippen molar-refractivity contribution in [2.24, 2.45) is 0 Å². The lowest BCUT2D eigenvalue weighted by Gasteiger charge is -2.32. The normalized spacial score (nSPS) is 18.1. The van der Waals surface area contributed by atoms with Gasteiger partial charge in [0, 0.05) is 71.0 Å². The highest BCUT2D eigenvalue weighted by Gasteiger charge is 2.27. The van der Waals surface area contributed by atoms with E-state index < -0.39 is 0 Å². The molecular weight excluding hydrogens is 524 g/mol. The third kappa shape index (κ3) is 7.28. The highest BCUT2D eigenvalue weighted by Crippen LogP contribution is 2.30. The van der Waals surface area contributed by atoms with E-state index in [0.717, 1.165) is 43.1 Å². The Morgan fingerprint density at radius 2 is 1.59 bits per heavy atom. The molecule has 3 aliphatic rings. The summed E-state index contributed by atoms with van der Waals surface area (Å²) in [5.74, 6) is 0.530. The van der Waals surface area contributed by atoms with Crippen LogP contribution in [0.2, 0.25) is 0 Å². The molecule has 0 radical (unpaired) electrons. The van der Waals surface area contributed by atoms with E-state index in [2.05, 4.69) is 15.5 Å². The van der Waals surface area contributed by atoms with Crippen LogP contribution in [0.15, 0.2) is 42.5 Å². The van der Waals surface area contributed by atoms with Crippen molar-refractivity contribution in [3.8, 4) is 5.75 Å². The second-order valence-corrected chi connectivity index (χ2v) is 10.6. The van der Waals surface area contributed by atoms with Crippen LogP contribution in [0.3, 0.4) is 0 Å². The molecule has 0 spiro atoms. The topological polar surface area (TPSA) is 107 Å². The Morgan fingerprint density at radius 1 is 0.854 bits per heavy atom. The van der Waals surface area contributed by atoms with Crippen molar-refractivity contribution in [1.82, 2.24) is 20.0 Å². The number of hydrogen-bond acceptors (Lipinski definition) is 7. The van der Waals surface area contributed by atoms with Crippen LogP contribution in [0.5, 0.6) is 5.75 Å². The lowest BCUT2D eigenvalue weighted by molar-refractivity contribution is -0.115. The highest BCUT2D eigenvalue weighted by molar-refractivity contribution is 6.00. The summed E-state index contributed by atoms with van der Waals surface area (Å²) in [5.41, 5.74) is 2.88. The van der Waals surface area contributed by atoms with E-state index in [-0.39, 0.29) is 24.3 Å². The van der Waals surface area contributed by atoms with Crippen LogP contribution in [0, 0.1) is 0 Å². The van der Waals surface area contributed by atoms with Crippen molar-refractivity contribution in [3.63, 3.8) is 0 Å². The van der Waals surface area contributed by atoms with Gasteiger partial charge in [0.1, 0.15) is 5.75 Å². The number of hydrogen-bond donors (Lipinski definition) is 2. The molecule has 0 aliphatic carbocycles. The predicted molar refractivity (Wildman–Crippen MR) is 157 cm³/mol. The van der Waals surface area contributed by atoms with E-state index in [4.69, 9.17) is 9.47 Å². The van der Waals surface area contributed by atoms with E-state index >= 15 is 0 Å². The molecule has 2 aromatic rings. The summed E-state index contributed by atoms with van der Waals surface area (Å²) in [5, 5.41) is 6.37. The Morgan fingerprint density at radius 3 is 2.32 bits per heavy atom. The van der Waals surface area contributed by atoms with Crippen molar-refractivity contribution < 1.29 is 23.9 Å². The second kappa shape index (κ2) is 13.7. The first kappa shape index (κ1) is 28.7. The van der Waals surface area contributed by atoms with Gasteiger partial charge in [-0.05, 0) is 42.3 Å². The first-order valence-electron chi connectivity index (χ1n) is 14.4. The van der Waals surface area contributed by atoms with E-state index in [1.165, 1.54) is 0 Å². The number of methoxy groups -OCH3 is 1. The number of anilines is 2. The number of nitrogens with one attached hydrogen (secondary N) is 2. The molecule has 3 fully saturated rings. The molecule has 3 aliphatic heterocycles. The number of morpholine rings is 1. The van der Waals surface area contributed by atoms with Gasteiger partial charge in [-0.2, -0.15) is 0 Å². The minimum Gasteiger partial charge on any atom is -0.497 e. The number of urea groups is 1. The third-order valence-corrected chi connectivity index (χ3v) is 7.83. The molecule has 11 nitrogen and oxygen atoms in total. The first-order chi connectivity index (χ1) is 20.0. The number of carbonyl (C=O) groups is 3. The summed E-state index contributed by atoms with van der Waals surface area (Å²) >= 11 is 0. The summed E-state index contributed by atoms with van der Waals surface area (Å²) < 4.78 is 10.6. The molecule has 220 valence electrons. The van der Waals surface area contributed by atoms with Crippen LogP contribution in [0.25, 0.3) is 0 Å². The van der Waals surface area contributed by atoms with E-state index in [1.54, 1.807) is 13.2 Å². The molecule has 3 heterocycles. The van der Waals surface area contributed by atoms with Gasteiger partial charge in [-0.15, -0.1) is 0 Å². The quantitative estimate of drug-likeness (QED) is 0.552. The summed E-state index contributed by atoms with van der Waals surface area (Å²) in [4.78, 5) is 47.4. The van der Waals surface area contributed by atoms with Crippen molar-refractivity contribution in [1.29, 1.82) is 0 Å². The third-order valence-electron chi connectivity index (χ3n) is 7.83. The maximum Gasteiger partial charge on any atom is 0.320 e. The predicted octanol–water partition coefficient (Wildman–Crippen LogP) is 1.89. The SMILES string of the molecule is COc1ccc(CC(=O)Nc2cc(C(=O)N3CCNCC3)ccc2N2CCCN(C(=O)N3CCOCC3)CC2)cc1. The van der Waals surface area contributed by atoms with Gasteiger partial charge in [0.2, 0.25) is 5.91 Å². The molecular formula is C30H40N6O5. The van der Waals surface area contributed by atoms with Gasteiger partial charge in [0.25, 0.3) is 5.91 Å². The van der Waals surface area contributed by atoms with Crippen LogP contribution >= 0.6 is 0 Å². The zero-order valence-electron chi connectivity index (χ0n) is 23.8. The summed E-state index contributed by atoms with van der Waals surface area (Å²) in [6.45, 7) is 7.83. The number of amides is 4. The van der Waals surface area contributed by atoms with Gasteiger partial charge < -0.3 is 39.7 Å². The van der Waals surface area contributed by atoms with Crippen LogP contribution in [-0.2, 0) is 16.0 Å². The molecule has 41 heavy (non-hydrogen) atoms. The fraction of sp³-hybridized carbons (Fsp3) is 0.500. The number of nitrogens with zero attached hydrogens (tertiary/aromatic N) is 4. The minimum absolute atomic E-state index is 0.0400. The maximum absolute atomic E-state index is 13.3. The monoisotopic (exact) mass is 564 g/mol. The van der Waals surface area contributed by atoms with Crippen molar-refractivity contribution in [2.45, 2.75) is 12.8 Å². The van der Waals surface area contributed by atoms with Gasteiger partial charge in [0.15, 0.2) is 0 Å². The van der Waals surface area contributed by atoms with E-state index in [1.807, 2.05) is 51.1 Å². The van der Waals surface area contributed by atoms with Crippen molar-refractivity contribution in [3.05, 3.63) is 53.6 Å². The maximum atomic E-state index is 13.3. The number of carbonyl (C=O) groups excluding carboxylic acids is 3. The smallest absolute Gasteiger partial charge is 0.320 e. The molecule has 0 aromatic heterocycles. The molecule has 0 atom stereocenters. The molecule has 4 amide bonds. The minimum atomic E-state index is -0.165. The molecule has 11 heteroatoms. The van der Waals surface area contributed by atoms with Gasteiger partial charge in [0.05, 0.1) is 38.1 Å². The average molecular weight is 565 g/mol. The second-order valence-electron chi connectivity index (χ2n) is 10.6. The summed E-state index contributed by atoms with van der Waals surface area (Å²) in [6, 6.07) is 13.0. The molecule has 2 aromatic carbocycles. The lowest BCUT2D eigenvalue weighted by Crippen LogP contribution is -2.49. The fourth-order valence-corrected chi connectivity index (χ4v) is 5.52. The van der Waals surface area contributed by atoms with Gasteiger partial charge >= 0.3 is 6.03 Å². The largest absolute Gasteiger partial charge is 0.497 e. The molecule has 3 saturated heterocycles. The van der Waals surface area contributed by atoms with Gasteiger partial charge in [-0.1, -0.05) is 12.1 Å². The summed E-state index contributed by atoms with van der Waals surface area (Å²) in [6.07, 6.45) is 0.998. The van der Waals surface area contributed by atoms with E-state index in [0.29, 0.717) is 70.3 Å². The Hall–Kier alpha value is -3.83. The standard InChI is InChI=1S/C30H40N6O5/c1-40-25-6-3-23(4-7-25)21-28(37)32-26-22-24(29(38)34-13-9-31-10-14-34)5-8-27(26)33-11-2-12-35(16-15-33)30(39)36-17-19-41-20-18-36/h3-8,22,31H,2,9-21H2,1H3,(H,32,37). The van der Waals surface area contributed by atoms with Crippen LogP contribution in [0.1, 0.15) is 22.3 Å². The Labute approximate surface area is 241 Å². The molecule has 0 bridgehead atoms. The van der Waals surface area contributed by atoms with Crippen molar-refractivity contribution in [2.75, 3.05) is 96.0 Å². The van der Waals surface area contributed by atoms with Crippen LogP contribution in [-0.4, -0.2) is 118 Å². The fourth-order valence-electron chi connectivity index (χ4n) is 5.52. The van der Waals surface area contributed by atoms with Gasteiger partial charge in [-0.25, -0.2) is 4.79 Å². The van der Waals surface area contributed by atoms with Crippen molar-refractivity contribution >= 4 is 29.2 Å². The van der Waals surface area contributed by atoms with Crippen LogP contribution < -0.4 is 20.3 Å². The Kier molecular flexibility index (Phi) is 9.58. The lowest BCUT2D eigenvalue weighted by atomic mass is 10.1. The highest BCUT2D eigenvalue weighted by atomic mass is 16.5. The molecule has 2 N–H and O–H groups in total. The zero-order chi connectivity index (χ0) is 28.6. The molecule has 5 rings (SSSR count). The zero-order valence-corrected chi connectivity index (χ0v) is 23.8. The summed E-state index contributed by atoms with van der Waals surface area (Å²) in [7, 11) is 1.61. The number of piperazine rings is 1. The van der Waals surface area contributed by atoms with Crippen LogP contribution in [0.4, 0.5) is 16.2 Å². The Bertz CT molecular complexity index is 1210. The van der Waals surface area contributed by atoms with Gasteiger partial charge in [-0.3, -0.25) is 9.59 Å². The molecule has 0 unspecified atom stereocenters. The van der Waals surface area contributed by atoms with E-state index in [9.17, 15) is 14.4 Å². The number of ether oxygens (including phenoxy) is 2. The first-order valence-corrected chi connectivity index (χ1v) is 14.4.